The Morgan fingerprint density at radius 3 is 2.42 bits per heavy atom. The molecule has 3 N–H and O–H groups in total. The van der Waals surface area contributed by atoms with Gasteiger partial charge < -0.3 is 25.3 Å². The number of nitrogens with zero attached hydrogens (tertiary/aromatic N) is 2. The number of alkyl carbamates (subject to hydrolysis) is 1. The van der Waals surface area contributed by atoms with E-state index in [4.69, 9.17) is 4.74 Å². The molecule has 0 spiro atoms. The van der Waals surface area contributed by atoms with Crippen LogP contribution in [-0.4, -0.2) is 41.4 Å². The quantitative estimate of drug-likeness (QED) is 0.567. The summed E-state index contributed by atoms with van der Waals surface area (Å²) in [6.45, 7) is 10.6. The molecule has 0 saturated heterocycles. The second-order valence-corrected chi connectivity index (χ2v) is 7.48. The highest BCUT2D eigenvalue weighted by Gasteiger charge is 2.24. The van der Waals surface area contributed by atoms with Gasteiger partial charge in [0.05, 0.1) is 5.54 Å². The van der Waals surface area contributed by atoms with Crippen molar-refractivity contribution in [2.75, 3.05) is 13.6 Å². The van der Waals surface area contributed by atoms with Crippen molar-refractivity contribution in [3.05, 3.63) is 24.0 Å². The Labute approximate surface area is 144 Å². The molecule has 0 radical (unpaired) electrons. The maximum Gasteiger partial charge on any atom is 0.408 e. The van der Waals surface area contributed by atoms with Crippen molar-refractivity contribution in [2.24, 2.45) is 12.0 Å². The van der Waals surface area contributed by atoms with Crippen molar-refractivity contribution in [1.82, 2.24) is 20.5 Å². The average molecular weight is 337 g/mol. The number of carbonyl (C=O) groups is 1. The molecule has 0 aliphatic rings. The number of guanidine groups is 1. The number of hydrogen-bond donors (Lipinski definition) is 3. The molecule has 0 atom stereocenters. The predicted molar refractivity (Wildman–Crippen MR) is 97.1 cm³/mol. The minimum absolute atomic E-state index is 0.429. The predicted octanol–water partition coefficient (Wildman–Crippen LogP) is 1.99. The van der Waals surface area contributed by atoms with Gasteiger partial charge >= 0.3 is 6.09 Å². The Bertz CT molecular complexity index is 570. The summed E-state index contributed by atoms with van der Waals surface area (Å²) >= 11 is 0. The molecule has 0 saturated carbocycles. The minimum atomic E-state index is -0.513. The molecule has 1 heterocycles. The zero-order valence-electron chi connectivity index (χ0n) is 15.9. The lowest BCUT2D eigenvalue weighted by molar-refractivity contribution is 0.0474. The largest absolute Gasteiger partial charge is 0.444 e. The number of rotatable bonds is 5. The van der Waals surface area contributed by atoms with Gasteiger partial charge in [-0.3, -0.25) is 4.99 Å². The van der Waals surface area contributed by atoms with Gasteiger partial charge in [0.2, 0.25) is 0 Å². The zero-order chi connectivity index (χ0) is 18.4. The first-order valence-corrected chi connectivity index (χ1v) is 8.07. The summed E-state index contributed by atoms with van der Waals surface area (Å²) in [6.07, 6.45) is 3.62. The van der Waals surface area contributed by atoms with Gasteiger partial charge in [-0.1, -0.05) is 0 Å². The molecule has 0 fully saturated rings. The van der Waals surface area contributed by atoms with E-state index in [0.29, 0.717) is 19.0 Å². The summed E-state index contributed by atoms with van der Waals surface area (Å²) < 4.78 is 7.29. The first-order valence-electron chi connectivity index (χ1n) is 8.07. The molecule has 0 bridgehead atoms. The van der Waals surface area contributed by atoms with Crippen LogP contribution in [0.25, 0.3) is 0 Å². The Hall–Kier alpha value is -2.18. The van der Waals surface area contributed by atoms with Crippen LogP contribution in [0.1, 0.15) is 40.2 Å². The normalized spacial score (nSPS) is 12.7. The van der Waals surface area contributed by atoms with Gasteiger partial charge in [-0.15, -0.1) is 0 Å². The standard InChI is InChI=1S/C17H31N5O2/c1-16(2,3)24-15(23)21-17(4,5)12-20-14(18-6)19-10-13-8-9-22(7)11-13/h8-9,11H,10,12H2,1-7H3,(H,21,23)(H2,18,19,20). The molecule has 0 aromatic carbocycles. The smallest absolute Gasteiger partial charge is 0.408 e. The summed E-state index contributed by atoms with van der Waals surface area (Å²) in [4.78, 5) is 16.1. The van der Waals surface area contributed by atoms with Gasteiger partial charge in [0.25, 0.3) is 0 Å². The van der Waals surface area contributed by atoms with E-state index in [2.05, 4.69) is 20.9 Å². The van der Waals surface area contributed by atoms with E-state index in [0.717, 1.165) is 0 Å². The lowest BCUT2D eigenvalue weighted by Crippen LogP contribution is -2.54. The van der Waals surface area contributed by atoms with Crippen molar-refractivity contribution in [2.45, 2.75) is 52.3 Å². The lowest BCUT2D eigenvalue weighted by atomic mass is 10.1. The highest BCUT2D eigenvalue weighted by Crippen LogP contribution is 2.09. The van der Waals surface area contributed by atoms with Crippen molar-refractivity contribution >= 4 is 12.1 Å². The third-order valence-electron chi connectivity index (χ3n) is 3.11. The Morgan fingerprint density at radius 1 is 1.25 bits per heavy atom. The monoisotopic (exact) mass is 337 g/mol. The molecule has 1 rings (SSSR count). The minimum Gasteiger partial charge on any atom is -0.444 e. The van der Waals surface area contributed by atoms with E-state index in [9.17, 15) is 4.79 Å². The molecular weight excluding hydrogens is 306 g/mol. The number of aryl methyl sites for hydroxylation is 1. The van der Waals surface area contributed by atoms with E-state index in [1.165, 1.54) is 5.56 Å². The lowest BCUT2D eigenvalue weighted by Gasteiger charge is -2.29. The van der Waals surface area contributed by atoms with Crippen LogP contribution in [0.5, 0.6) is 0 Å². The molecule has 7 nitrogen and oxygen atoms in total. The molecule has 1 amide bonds. The number of nitrogens with one attached hydrogen (secondary N) is 3. The average Bonchev–Trinajstić information content (AvgIpc) is 2.81. The van der Waals surface area contributed by atoms with Crippen LogP contribution < -0.4 is 16.0 Å². The van der Waals surface area contributed by atoms with Crippen molar-refractivity contribution in [1.29, 1.82) is 0 Å². The first-order chi connectivity index (χ1) is 11.0. The van der Waals surface area contributed by atoms with Crippen LogP contribution >= 0.6 is 0 Å². The van der Waals surface area contributed by atoms with Gasteiger partial charge in [-0.05, 0) is 46.2 Å². The molecule has 7 heteroatoms. The molecule has 136 valence electrons. The Balaban J connectivity index is 2.44. The van der Waals surface area contributed by atoms with Crippen LogP contribution in [0.3, 0.4) is 0 Å². The van der Waals surface area contributed by atoms with Gasteiger partial charge in [-0.25, -0.2) is 4.79 Å². The Kier molecular flexibility index (Phi) is 6.69. The van der Waals surface area contributed by atoms with E-state index in [1.54, 1.807) is 7.05 Å². The van der Waals surface area contributed by atoms with E-state index in [1.807, 2.05) is 64.7 Å². The fourth-order valence-electron chi connectivity index (χ4n) is 2.00. The van der Waals surface area contributed by atoms with Gasteiger partial charge in [0.15, 0.2) is 5.96 Å². The number of hydrogen-bond acceptors (Lipinski definition) is 3. The van der Waals surface area contributed by atoms with Crippen LogP contribution in [-0.2, 0) is 18.3 Å². The number of ether oxygens (including phenoxy) is 1. The molecule has 1 aromatic heterocycles. The topological polar surface area (TPSA) is 79.7 Å². The van der Waals surface area contributed by atoms with Gasteiger partial charge in [-0.2, -0.15) is 0 Å². The zero-order valence-corrected chi connectivity index (χ0v) is 15.9. The summed E-state index contributed by atoms with van der Waals surface area (Å²) in [7, 11) is 3.70. The molecule has 1 aromatic rings. The van der Waals surface area contributed by atoms with Gasteiger partial charge in [0.1, 0.15) is 5.60 Å². The van der Waals surface area contributed by atoms with Crippen LogP contribution in [0, 0.1) is 0 Å². The SMILES string of the molecule is CN=C(NCc1ccn(C)c1)NCC(C)(C)NC(=O)OC(C)(C)C. The maximum atomic E-state index is 11.9. The third-order valence-corrected chi connectivity index (χ3v) is 3.11. The van der Waals surface area contributed by atoms with Crippen LogP contribution in [0.4, 0.5) is 4.79 Å². The number of amides is 1. The second kappa shape index (κ2) is 8.08. The number of carbonyl (C=O) groups excluding carboxylic acids is 1. The van der Waals surface area contributed by atoms with Crippen molar-refractivity contribution in [3.63, 3.8) is 0 Å². The third kappa shape index (κ3) is 7.89. The number of aromatic nitrogens is 1. The summed E-state index contributed by atoms with van der Waals surface area (Å²) in [5.74, 6) is 0.679. The van der Waals surface area contributed by atoms with Crippen molar-refractivity contribution in [3.8, 4) is 0 Å². The second-order valence-electron chi connectivity index (χ2n) is 7.48. The molecular formula is C17H31N5O2. The van der Waals surface area contributed by atoms with Crippen LogP contribution in [0.2, 0.25) is 0 Å². The molecule has 24 heavy (non-hydrogen) atoms. The van der Waals surface area contributed by atoms with Crippen molar-refractivity contribution < 1.29 is 9.53 Å². The number of aliphatic imine (C=N–C) groups is 1. The fourth-order valence-corrected chi connectivity index (χ4v) is 2.00. The fraction of sp³-hybridized carbons (Fsp3) is 0.647. The Morgan fingerprint density at radius 2 is 1.92 bits per heavy atom. The van der Waals surface area contributed by atoms with Crippen LogP contribution in [0.15, 0.2) is 23.5 Å². The molecule has 0 aliphatic carbocycles. The summed E-state index contributed by atoms with van der Waals surface area (Å²) in [6, 6.07) is 2.05. The molecule has 0 aliphatic heterocycles. The summed E-state index contributed by atoms with van der Waals surface area (Å²) in [5, 5.41) is 9.32. The highest BCUT2D eigenvalue weighted by atomic mass is 16.6. The highest BCUT2D eigenvalue weighted by molar-refractivity contribution is 5.79. The van der Waals surface area contributed by atoms with E-state index < -0.39 is 17.2 Å². The van der Waals surface area contributed by atoms with E-state index >= 15 is 0 Å². The van der Waals surface area contributed by atoms with E-state index in [-0.39, 0.29) is 0 Å². The maximum absolute atomic E-state index is 11.9. The first kappa shape index (κ1) is 19.9. The molecule has 0 unspecified atom stereocenters. The summed E-state index contributed by atoms with van der Waals surface area (Å²) in [5.41, 5.74) is 0.180. The van der Waals surface area contributed by atoms with Gasteiger partial charge in [0, 0.05) is 39.6 Å².